The first kappa shape index (κ1) is 17.7. The highest BCUT2D eigenvalue weighted by Gasteiger charge is 2.36. The molecular weight excluding hydrogens is 390 g/mol. The van der Waals surface area contributed by atoms with E-state index in [0.717, 1.165) is 27.6 Å². The van der Waals surface area contributed by atoms with E-state index in [9.17, 15) is 0 Å². The number of benzene rings is 3. The van der Waals surface area contributed by atoms with Crippen LogP contribution in [0.2, 0.25) is 0 Å². The summed E-state index contributed by atoms with van der Waals surface area (Å²) in [7, 11) is 0. The molecule has 6 aromatic rings. The van der Waals surface area contributed by atoms with Crippen LogP contribution in [0, 0.1) is 0 Å². The Labute approximate surface area is 186 Å². The molecule has 0 atom stereocenters. The number of hydrogen-bond acceptors (Lipinski definition) is 2. The van der Waals surface area contributed by atoms with E-state index >= 15 is 0 Å². The van der Waals surface area contributed by atoms with Gasteiger partial charge in [-0.05, 0) is 58.7 Å². The van der Waals surface area contributed by atoms with Gasteiger partial charge in [-0.2, -0.15) is 0 Å². The summed E-state index contributed by atoms with van der Waals surface area (Å²) < 4.78 is 2.36. The van der Waals surface area contributed by atoms with Gasteiger partial charge in [-0.3, -0.25) is 9.97 Å². The fourth-order valence-corrected chi connectivity index (χ4v) is 5.56. The first-order chi connectivity index (χ1) is 15.6. The summed E-state index contributed by atoms with van der Waals surface area (Å²) >= 11 is 0. The van der Waals surface area contributed by atoms with Crippen molar-refractivity contribution in [1.82, 2.24) is 14.5 Å². The van der Waals surface area contributed by atoms with Crippen molar-refractivity contribution in [3.63, 3.8) is 0 Å². The maximum Gasteiger partial charge on any atom is 0.0963 e. The topological polar surface area (TPSA) is 30.7 Å². The Kier molecular flexibility index (Phi) is 3.34. The zero-order chi connectivity index (χ0) is 21.4. The molecule has 0 saturated carbocycles. The highest BCUT2D eigenvalue weighted by atomic mass is 15.0. The summed E-state index contributed by atoms with van der Waals surface area (Å²) in [5, 5.41) is 2.33. The standard InChI is InChI=1S/C29H21N3/c1-29(2)22-10-5-3-8-18(22)20-17-27-21(16-23(20)29)28-26(12-7-14-31-28)32(27)25-13-15-30-24-11-6-4-9-19(24)25/h3-17H,1-2H3. The van der Waals surface area contributed by atoms with Gasteiger partial charge in [-0.25, -0.2) is 0 Å². The lowest BCUT2D eigenvalue weighted by Gasteiger charge is -2.21. The van der Waals surface area contributed by atoms with E-state index in [1.54, 1.807) is 0 Å². The van der Waals surface area contributed by atoms with Crippen LogP contribution in [-0.2, 0) is 5.41 Å². The van der Waals surface area contributed by atoms with Gasteiger partial charge >= 0.3 is 0 Å². The third kappa shape index (κ3) is 2.15. The maximum absolute atomic E-state index is 4.82. The number of aromatic nitrogens is 3. The van der Waals surface area contributed by atoms with Crippen molar-refractivity contribution >= 4 is 32.8 Å². The molecule has 0 saturated heterocycles. The van der Waals surface area contributed by atoms with Crippen molar-refractivity contribution in [2.45, 2.75) is 19.3 Å². The predicted molar refractivity (Wildman–Crippen MR) is 131 cm³/mol. The predicted octanol–water partition coefficient (Wildman–Crippen LogP) is 7.03. The third-order valence-electron chi connectivity index (χ3n) is 7.09. The summed E-state index contributed by atoms with van der Waals surface area (Å²) in [6.45, 7) is 4.65. The Morgan fingerprint density at radius 1 is 0.656 bits per heavy atom. The van der Waals surface area contributed by atoms with Crippen molar-refractivity contribution in [2.75, 3.05) is 0 Å². The fraction of sp³-hybridized carbons (Fsp3) is 0.103. The van der Waals surface area contributed by atoms with Crippen LogP contribution in [0.25, 0.3) is 49.7 Å². The Balaban J connectivity index is 1.67. The van der Waals surface area contributed by atoms with Crippen molar-refractivity contribution in [3.05, 3.63) is 102 Å². The minimum atomic E-state index is -0.0350. The van der Waals surface area contributed by atoms with Crippen LogP contribution >= 0.6 is 0 Å². The fourth-order valence-electron chi connectivity index (χ4n) is 5.56. The van der Waals surface area contributed by atoms with E-state index in [1.165, 1.54) is 33.2 Å². The first-order valence-electron chi connectivity index (χ1n) is 11.0. The molecule has 3 heteroatoms. The summed E-state index contributed by atoms with van der Waals surface area (Å²) in [5.41, 5.74) is 10.8. The highest BCUT2D eigenvalue weighted by Crippen LogP contribution is 2.50. The van der Waals surface area contributed by atoms with Crippen LogP contribution in [0.5, 0.6) is 0 Å². The smallest absolute Gasteiger partial charge is 0.0963 e. The summed E-state index contributed by atoms with van der Waals surface area (Å²) in [6.07, 6.45) is 3.79. The number of nitrogens with zero attached hydrogens (tertiary/aromatic N) is 3. The van der Waals surface area contributed by atoms with Gasteiger partial charge in [0, 0.05) is 28.6 Å². The van der Waals surface area contributed by atoms with Crippen molar-refractivity contribution in [2.24, 2.45) is 0 Å². The molecule has 3 aromatic heterocycles. The van der Waals surface area contributed by atoms with E-state index in [1.807, 2.05) is 24.5 Å². The van der Waals surface area contributed by atoms with Crippen LogP contribution in [0.3, 0.4) is 0 Å². The third-order valence-corrected chi connectivity index (χ3v) is 7.09. The monoisotopic (exact) mass is 411 g/mol. The molecule has 0 aliphatic heterocycles. The van der Waals surface area contributed by atoms with Gasteiger partial charge in [-0.15, -0.1) is 0 Å². The lowest BCUT2D eigenvalue weighted by molar-refractivity contribution is 0.661. The van der Waals surface area contributed by atoms with Crippen LogP contribution in [0.4, 0.5) is 0 Å². The van der Waals surface area contributed by atoms with Gasteiger partial charge in [0.1, 0.15) is 0 Å². The van der Waals surface area contributed by atoms with E-state index in [0.29, 0.717) is 0 Å². The summed E-state index contributed by atoms with van der Waals surface area (Å²) in [5.74, 6) is 0. The Morgan fingerprint density at radius 3 is 2.44 bits per heavy atom. The second-order valence-corrected chi connectivity index (χ2v) is 9.14. The lowest BCUT2D eigenvalue weighted by Crippen LogP contribution is -2.14. The Morgan fingerprint density at radius 2 is 1.50 bits per heavy atom. The first-order valence-corrected chi connectivity index (χ1v) is 11.0. The van der Waals surface area contributed by atoms with Gasteiger partial charge in [0.15, 0.2) is 0 Å². The van der Waals surface area contributed by atoms with E-state index < -0.39 is 0 Å². The molecule has 32 heavy (non-hydrogen) atoms. The minimum absolute atomic E-state index is 0.0350. The number of para-hydroxylation sites is 1. The van der Waals surface area contributed by atoms with Crippen LogP contribution in [-0.4, -0.2) is 14.5 Å². The van der Waals surface area contributed by atoms with Crippen molar-refractivity contribution in [1.29, 1.82) is 0 Å². The molecule has 1 aliphatic rings. The molecule has 3 aromatic carbocycles. The molecule has 0 bridgehead atoms. The van der Waals surface area contributed by atoms with Crippen molar-refractivity contribution < 1.29 is 0 Å². The molecule has 152 valence electrons. The van der Waals surface area contributed by atoms with Crippen LogP contribution < -0.4 is 0 Å². The quantitative estimate of drug-likeness (QED) is 0.291. The second kappa shape index (κ2) is 6.04. The van der Waals surface area contributed by atoms with E-state index in [4.69, 9.17) is 4.98 Å². The molecule has 0 amide bonds. The summed E-state index contributed by atoms with van der Waals surface area (Å²) in [4.78, 5) is 9.41. The number of hydrogen-bond donors (Lipinski definition) is 0. The highest BCUT2D eigenvalue weighted by molar-refractivity contribution is 6.10. The molecule has 3 heterocycles. The number of fused-ring (bicyclic) bond motifs is 7. The van der Waals surface area contributed by atoms with E-state index in [-0.39, 0.29) is 5.41 Å². The average molecular weight is 412 g/mol. The molecular formula is C29H21N3. The molecule has 0 N–H and O–H groups in total. The molecule has 0 spiro atoms. The SMILES string of the molecule is CC1(C)c2ccccc2-c2cc3c(cc21)c1ncccc1n3-c1ccnc2ccccc12. The van der Waals surface area contributed by atoms with Gasteiger partial charge in [-0.1, -0.05) is 56.3 Å². The normalized spacial score (nSPS) is 14.2. The van der Waals surface area contributed by atoms with Crippen LogP contribution in [0.15, 0.2) is 91.3 Å². The molecule has 0 fully saturated rings. The molecule has 1 aliphatic carbocycles. The summed E-state index contributed by atoms with van der Waals surface area (Å²) in [6, 6.07) is 28.2. The van der Waals surface area contributed by atoms with Gasteiger partial charge < -0.3 is 4.57 Å². The number of pyridine rings is 2. The van der Waals surface area contributed by atoms with E-state index in [2.05, 4.69) is 90.1 Å². The maximum atomic E-state index is 4.82. The second-order valence-electron chi connectivity index (χ2n) is 9.14. The zero-order valence-electron chi connectivity index (χ0n) is 18.0. The average Bonchev–Trinajstić information content (AvgIpc) is 3.27. The molecule has 0 unspecified atom stereocenters. The number of rotatable bonds is 1. The van der Waals surface area contributed by atoms with Gasteiger partial charge in [0.25, 0.3) is 0 Å². The Hall–Kier alpha value is -3.98. The largest absolute Gasteiger partial charge is 0.307 e. The molecule has 7 rings (SSSR count). The molecule has 0 radical (unpaired) electrons. The van der Waals surface area contributed by atoms with Gasteiger partial charge in [0.2, 0.25) is 0 Å². The lowest BCUT2D eigenvalue weighted by atomic mass is 9.82. The Bertz CT molecular complexity index is 1700. The zero-order valence-corrected chi connectivity index (χ0v) is 18.0. The van der Waals surface area contributed by atoms with Gasteiger partial charge in [0.05, 0.1) is 27.8 Å². The molecule has 3 nitrogen and oxygen atoms in total. The van der Waals surface area contributed by atoms with Crippen molar-refractivity contribution in [3.8, 4) is 16.8 Å². The van der Waals surface area contributed by atoms with Crippen LogP contribution in [0.1, 0.15) is 25.0 Å². The minimum Gasteiger partial charge on any atom is -0.307 e.